The van der Waals surface area contributed by atoms with Crippen LogP contribution in [0.5, 0.6) is 5.75 Å². The van der Waals surface area contributed by atoms with E-state index in [-0.39, 0.29) is 24.7 Å². The van der Waals surface area contributed by atoms with Gasteiger partial charge >= 0.3 is 11.7 Å². The SMILES string of the molecule is CCOC(=O)C(C#N)c1ccc([N+](=O)[O-])c(OCC)c1. The predicted molar refractivity (Wildman–Crippen MR) is 69.3 cm³/mol. The summed E-state index contributed by atoms with van der Waals surface area (Å²) in [7, 11) is 0. The Hall–Kier alpha value is -2.62. The first-order chi connectivity index (χ1) is 9.54. The molecule has 1 unspecified atom stereocenters. The van der Waals surface area contributed by atoms with E-state index >= 15 is 0 Å². The van der Waals surface area contributed by atoms with Gasteiger partial charge in [-0.3, -0.25) is 14.9 Å². The molecule has 0 aliphatic carbocycles. The minimum atomic E-state index is -1.13. The van der Waals surface area contributed by atoms with Gasteiger partial charge in [-0.2, -0.15) is 5.26 Å². The van der Waals surface area contributed by atoms with E-state index in [0.29, 0.717) is 5.56 Å². The number of esters is 1. The van der Waals surface area contributed by atoms with Crippen LogP contribution in [0, 0.1) is 21.4 Å². The van der Waals surface area contributed by atoms with Gasteiger partial charge in [0, 0.05) is 6.07 Å². The number of hydrogen-bond acceptors (Lipinski definition) is 6. The lowest BCUT2D eigenvalue weighted by molar-refractivity contribution is -0.385. The summed E-state index contributed by atoms with van der Waals surface area (Å²) in [6, 6.07) is 5.71. The molecule has 1 aromatic rings. The highest BCUT2D eigenvalue weighted by Gasteiger charge is 2.25. The maximum absolute atomic E-state index is 11.6. The zero-order valence-corrected chi connectivity index (χ0v) is 11.2. The molecule has 1 atom stereocenters. The lowest BCUT2D eigenvalue weighted by atomic mass is 10.00. The number of nitro groups is 1. The van der Waals surface area contributed by atoms with E-state index in [1.165, 1.54) is 18.2 Å². The molecule has 1 aromatic carbocycles. The highest BCUT2D eigenvalue weighted by atomic mass is 16.6. The molecule has 0 aromatic heterocycles. The summed E-state index contributed by atoms with van der Waals surface area (Å²) in [4.78, 5) is 21.9. The Morgan fingerprint density at radius 3 is 2.65 bits per heavy atom. The smallest absolute Gasteiger partial charge is 0.327 e. The molecule has 7 heteroatoms. The predicted octanol–water partition coefficient (Wildman–Crippen LogP) is 2.16. The number of hydrogen-bond donors (Lipinski definition) is 0. The van der Waals surface area contributed by atoms with E-state index in [2.05, 4.69) is 0 Å². The molecule has 1 rings (SSSR count). The van der Waals surface area contributed by atoms with Gasteiger partial charge < -0.3 is 9.47 Å². The molecule has 7 nitrogen and oxygen atoms in total. The van der Waals surface area contributed by atoms with Gasteiger partial charge in [0.15, 0.2) is 11.7 Å². The third-order valence-electron chi connectivity index (χ3n) is 2.47. The van der Waals surface area contributed by atoms with Crippen molar-refractivity contribution in [3.63, 3.8) is 0 Å². The Kier molecular flexibility index (Phi) is 5.47. The second-order valence-corrected chi connectivity index (χ2v) is 3.73. The maximum Gasteiger partial charge on any atom is 0.327 e. The van der Waals surface area contributed by atoms with Gasteiger partial charge in [-0.05, 0) is 31.5 Å². The summed E-state index contributed by atoms with van der Waals surface area (Å²) in [5.74, 6) is -1.79. The summed E-state index contributed by atoms with van der Waals surface area (Å²) in [6.45, 7) is 3.71. The number of nitrogens with zero attached hydrogens (tertiary/aromatic N) is 2. The van der Waals surface area contributed by atoms with Crippen molar-refractivity contribution in [3.05, 3.63) is 33.9 Å². The molecule has 0 aliphatic heterocycles. The highest BCUT2D eigenvalue weighted by Crippen LogP contribution is 2.31. The molecule has 0 aliphatic rings. The quantitative estimate of drug-likeness (QED) is 0.449. The highest BCUT2D eigenvalue weighted by molar-refractivity contribution is 5.81. The van der Waals surface area contributed by atoms with Crippen molar-refractivity contribution in [1.82, 2.24) is 0 Å². The van der Waals surface area contributed by atoms with E-state index in [1.54, 1.807) is 13.8 Å². The maximum atomic E-state index is 11.6. The van der Waals surface area contributed by atoms with Crippen molar-refractivity contribution in [3.8, 4) is 11.8 Å². The fourth-order valence-electron chi connectivity index (χ4n) is 1.62. The van der Waals surface area contributed by atoms with Gasteiger partial charge in [0.25, 0.3) is 0 Å². The summed E-state index contributed by atoms with van der Waals surface area (Å²) < 4.78 is 9.96. The van der Waals surface area contributed by atoms with Gasteiger partial charge in [0.1, 0.15) is 0 Å². The summed E-state index contributed by atoms with van der Waals surface area (Å²) in [5, 5.41) is 19.9. The third-order valence-corrected chi connectivity index (χ3v) is 2.47. The van der Waals surface area contributed by atoms with Gasteiger partial charge in [0.2, 0.25) is 0 Å². The van der Waals surface area contributed by atoms with Crippen LogP contribution in [-0.4, -0.2) is 24.1 Å². The number of nitriles is 1. The summed E-state index contributed by atoms with van der Waals surface area (Å²) in [6.07, 6.45) is 0. The standard InChI is InChI=1S/C13H14N2O5/c1-3-19-12-7-9(5-6-11(12)15(17)18)10(8-14)13(16)20-4-2/h5-7,10H,3-4H2,1-2H3. The van der Waals surface area contributed by atoms with Crippen LogP contribution in [0.3, 0.4) is 0 Å². The molecule has 0 saturated heterocycles. The van der Waals surface area contributed by atoms with Crippen molar-refractivity contribution in [2.45, 2.75) is 19.8 Å². The molecular formula is C13H14N2O5. The molecule has 0 saturated carbocycles. The van der Waals surface area contributed by atoms with E-state index in [4.69, 9.17) is 14.7 Å². The van der Waals surface area contributed by atoms with Gasteiger partial charge in [-0.15, -0.1) is 0 Å². The normalized spacial score (nSPS) is 11.2. The average Bonchev–Trinajstić information content (AvgIpc) is 2.40. The molecular weight excluding hydrogens is 264 g/mol. The molecule has 0 amide bonds. The van der Waals surface area contributed by atoms with Gasteiger partial charge in [-0.25, -0.2) is 0 Å². The van der Waals surface area contributed by atoms with Crippen molar-refractivity contribution >= 4 is 11.7 Å². The molecule has 106 valence electrons. The molecule has 0 N–H and O–H groups in total. The van der Waals surface area contributed by atoms with Gasteiger partial charge in [0.05, 0.1) is 24.2 Å². The summed E-state index contributed by atoms with van der Waals surface area (Å²) in [5.41, 5.74) is 0.0937. The largest absolute Gasteiger partial charge is 0.487 e. The van der Waals surface area contributed by atoms with Crippen molar-refractivity contribution in [1.29, 1.82) is 5.26 Å². The lowest BCUT2D eigenvalue weighted by Gasteiger charge is -2.10. The van der Waals surface area contributed by atoms with E-state index < -0.39 is 16.8 Å². The van der Waals surface area contributed by atoms with Crippen LogP contribution in [-0.2, 0) is 9.53 Å². The van der Waals surface area contributed by atoms with Crippen LogP contribution in [0.1, 0.15) is 25.3 Å². The third kappa shape index (κ3) is 3.45. The zero-order valence-electron chi connectivity index (χ0n) is 11.2. The number of carbonyl (C=O) groups excluding carboxylic acids is 1. The number of nitro benzene ring substituents is 1. The molecule has 0 bridgehead atoms. The Labute approximate surface area is 115 Å². The van der Waals surface area contributed by atoms with Gasteiger partial charge in [-0.1, -0.05) is 0 Å². The molecule has 0 fully saturated rings. The van der Waals surface area contributed by atoms with E-state index in [1.807, 2.05) is 6.07 Å². The molecule has 0 heterocycles. The van der Waals surface area contributed by atoms with Crippen LogP contribution < -0.4 is 4.74 Å². The first kappa shape index (κ1) is 15.4. The van der Waals surface area contributed by atoms with Crippen LogP contribution in [0.4, 0.5) is 5.69 Å². The number of rotatable bonds is 6. The molecule has 0 spiro atoms. The number of ether oxygens (including phenoxy) is 2. The average molecular weight is 278 g/mol. The first-order valence-corrected chi connectivity index (χ1v) is 6.02. The van der Waals surface area contributed by atoms with Crippen LogP contribution in [0.2, 0.25) is 0 Å². The van der Waals surface area contributed by atoms with E-state index in [0.717, 1.165) is 0 Å². The molecule has 0 radical (unpaired) electrons. The zero-order chi connectivity index (χ0) is 15.1. The Morgan fingerprint density at radius 2 is 2.15 bits per heavy atom. The van der Waals surface area contributed by atoms with Crippen molar-refractivity contribution in [2.24, 2.45) is 0 Å². The Balaban J connectivity index is 3.19. The van der Waals surface area contributed by atoms with Crippen LogP contribution >= 0.6 is 0 Å². The van der Waals surface area contributed by atoms with Crippen LogP contribution in [0.25, 0.3) is 0 Å². The number of carbonyl (C=O) groups is 1. The minimum absolute atomic E-state index is 0.0274. The summed E-state index contributed by atoms with van der Waals surface area (Å²) >= 11 is 0. The lowest BCUT2D eigenvalue weighted by Crippen LogP contribution is -2.14. The Morgan fingerprint density at radius 1 is 1.45 bits per heavy atom. The Bertz CT molecular complexity index is 550. The topological polar surface area (TPSA) is 102 Å². The van der Waals surface area contributed by atoms with Crippen LogP contribution in [0.15, 0.2) is 18.2 Å². The van der Waals surface area contributed by atoms with E-state index in [9.17, 15) is 14.9 Å². The van der Waals surface area contributed by atoms with Crippen molar-refractivity contribution < 1.29 is 19.2 Å². The first-order valence-electron chi connectivity index (χ1n) is 6.02. The monoisotopic (exact) mass is 278 g/mol. The number of benzene rings is 1. The fourth-order valence-corrected chi connectivity index (χ4v) is 1.62. The van der Waals surface area contributed by atoms with Crippen molar-refractivity contribution in [2.75, 3.05) is 13.2 Å². The fraction of sp³-hybridized carbons (Fsp3) is 0.385. The second kappa shape index (κ2) is 7.09. The second-order valence-electron chi connectivity index (χ2n) is 3.73. The molecule has 20 heavy (non-hydrogen) atoms. The minimum Gasteiger partial charge on any atom is -0.487 e.